The van der Waals surface area contributed by atoms with Crippen molar-refractivity contribution in [3.05, 3.63) is 0 Å². The number of hydrogen-bond acceptors (Lipinski definition) is 4. The molecule has 1 atom stereocenters. The van der Waals surface area contributed by atoms with Crippen molar-refractivity contribution in [2.75, 3.05) is 19.7 Å². The number of likely N-dealkylation sites (tertiary alicyclic amines) is 1. The summed E-state index contributed by atoms with van der Waals surface area (Å²) in [5, 5.41) is 0. The zero-order valence-corrected chi connectivity index (χ0v) is 13.1. The van der Waals surface area contributed by atoms with Crippen molar-refractivity contribution in [2.45, 2.75) is 59.0 Å². The number of rotatable bonds is 4. The number of carbonyl (C=O) groups excluding carboxylic acids is 2. The molecule has 0 radical (unpaired) electrons. The molecule has 0 aromatic heterocycles. The molecule has 1 aliphatic heterocycles. The summed E-state index contributed by atoms with van der Waals surface area (Å²) in [6.07, 6.45) is 3.51. The topological polar surface area (TPSA) is 55.8 Å². The monoisotopic (exact) mass is 285 g/mol. The normalized spacial score (nSPS) is 23.9. The molecule has 1 saturated heterocycles. The number of carbonyl (C=O) groups is 2. The zero-order chi connectivity index (χ0) is 15.2. The van der Waals surface area contributed by atoms with Crippen molar-refractivity contribution < 1.29 is 19.1 Å². The molecule has 5 heteroatoms. The van der Waals surface area contributed by atoms with Crippen LogP contribution in [0.1, 0.15) is 53.4 Å². The van der Waals surface area contributed by atoms with Gasteiger partial charge in [-0.3, -0.25) is 4.79 Å². The predicted molar refractivity (Wildman–Crippen MR) is 76.4 cm³/mol. The van der Waals surface area contributed by atoms with Crippen LogP contribution in [0.3, 0.4) is 0 Å². The van der Waals surface area contributed by atoms with E-state index in [9.17, 15) is 9.59 Å². The fourth-order valence-electron chi connectivity index (χ4n) is 2.45. The highest BCUT2D eigenvalue weighted by molar-refractivity contribution is 5.68. The molecule has 1 rings (SSSR count). The highest BCUT2D eigenvalue weighted by Crippen LogP contribution is 2.34. The summed E-state index contributed by atoms with van der Waals surface area (Å²) in [5.41, 5.74) is -0.329. The molecular weight excluding hydrogens is 258 g/mol. The van der Waals surface area contributed by atoms with Gasteiger partial charge in [0.15, 0.2) is 0 Å². The molecule has 5 nitrogen and oxygen atoms in total. The predicted octanol–water partition coefficient (Wildman–Crippen LogP) is 2.98. The number of amides is 1. The van der Waals surface area contributed by atoms with Crippen molar-refractivity contribution in [1.29, 1.82) is 0 Å². The third-order valence-corrected chi connectivity index (χ3v) is 3.74. The van der Waals surface area contributed by atoms with Crippen molar-refractivity contribution >= 4 is 12.6 Å². The first kappa shape index (κ1) is 16.8. The Morgan fingerprint density at radius 1 is 1.30 bits per heavy atom. The van der Waals surface area contributed by atoms with E-state index in [1.807, 2.05) is 20.8 Å². The maximum Gasteiger partial charge on any atom is 0.410 e. The highest BCUT2D eigenvalue weighted by Gasteiger charge is 2.31. The van der Waals surface area contributed by atoms with Gasteiger partial charge in [-0.1, -0.05) is 6.92 Å². The minimum absolute atomic E-state index is 0.125. The van der Waals surface area contributed by atoms with Gasteiger partial charge in [-0.15, -0.1) is 0 Å². The van der Waals surface area contributed by atoms with Crippen molar-refractivity contribution in [2.24, 2.45) is 5.41 Å². The molecule has 20 heavy (non-hydrogen) atoms. The van der Waals surface area contributed by atoms with Gasteiger partial charge in [0.2, 0.25) is 0 Å². The molecule has 1 aliphatic rings. The lowest BCUT2D eigenvalue weighted by Gasteiger charge is -2.28. The Morgan fingerprint density at radius 2 is 2.00 bits per heavy atom. The van der Waals surface area contributed by atoms with Crippen LogP contribution in [0.25, 0.3) is 0 Å². The van der Waals surface area contributed by atoms with E-state index < -0.39 is 5.60 Å². The molecule has 0 N–H and O–H groups in total. The third kappa shape index (κ3) is 5.80. The van der Waals surface area contributed by atoms with Crippen LogP contribution in [-0.4, -0.2) is 42.8 Å². The van der Waals surface area contributed by atoms with E-state index in [0.717, 1.165) is 32.2 Å². The molecule has 1 heterocycles. The first-order valence-electron chi connectivity index (χ1n) is 7.29. The van der Waals surface area contributed by atoms with Crippen molar-refractivity contribution in [3.63, 3.8) is 0 Å². The van der Waals surface area contributed by atoms with Gasteiger partial charge in [0.05, 0.1) is 6.61 Å². The number of hydrogen-bond donors (Lipinski definition) is 0. The van der Waals surface area contributed by atoms with Gasteiger partial charge in [-0.25, -0.2) is 4.79 Å². The second kappa shape index (κ2) is 6.95. The Morgan fingerprint density at radius 3 is 2.60 bits per heavy atom. The molecular formula is C15H27NO4. The lowest BCUT2D eigenvalue weighted by Crippen LogP contribution is -2.37. The van der Waals surface area contributed by atoms with Crippen LogP contribution >= 0.6 is 0 Å². The number of ether oxygens (including phenoxy) is 2. The van der Waals surface area contributed by atoms with E-state index in [1.165, 1.54) is 0 Å². The SMILES string of the molecule is CC1(CCOC=O)CCCN(C(=O)OC(C)(C)C)CC1. The van der Waals surface area contributed by atoms with Crippen LogP contribution in [0.4, 0.5) is 4.79 Å². The van der Waals surface area contributed by atoms with Gasteiger partial charge < -0.3 is 14.4 Å². The van der Waals surface area contributed by atoms with Crippen LogP contribution in [0.5, 0.6) is 0 Å². The second-order valence-electron chi connectivity index (χ2n) is 6.85. The molecule has 1 unspecified atom stereocenters. The smallest absolute Gasteiger partial charge is 0.410 e. The minimum Gasteiger partial charge on any atom is -0.468 e. The minimum atomic E-state index is -0.454. The quantitative estimate of drug-likeness (QED) is 0.588. The fourth-order valence-corrected chi connectivity index (χ4v) is 2.45. The molecule has 0 aromatic carbocycles. The van der Waals surface area contributed by atoms with E-state index in [1.54, 1.807) is 4.90 Å². The van der Waals surface area contributed by atoms with Gasteiger partial charge in [-0.05, 0) is 51.9 Å². The van der Waals surface area contributed by atoms with Gasteiger partial charge in [0, 0.05) is 13.1 Å². The van der Waals surface area contributed by atoms with Gasteiger partial charge in [-0.2, -0.15) is 0 Å². The van der Waals surface area contributed by atoms with E-state index in [2.05, 4.69) is 6.92 Å². The van der Waals surface area contributed by atoms with Gasteiger partial charge in [0.25, 0.3) is 6.47 Å². The molecule has 0 saturated carbocycles. The average molecular weight is 285 g/mol. The van der Waals surface area contributed by atoms with E-state index in [0.29, 0.717) is 19.6 Å². The summed E-state index contributed by atoms with van der Waals surface area (Å²) < 4.78 is 10.2. The summed E-state index contributed by atoms with van der Waals surface area (Å²) >= 11 is 0. The lowest BCUT2D eigenvalue weighted by atomic mass is 9.80. The summed E-state index contributed by atoms with van der Waals surface area (Å²) in [4.78, 5) is 24.1. The molecule has 0 bridgehead atoms. The van der Waals surface area contributed by atoms with Crippen LogP contribution in [0, 0.1) is 5.41 Å². The fraction of sp³-hybridized carbons (Fsp3) is 0.867. The summed E-state index contributed by atoms with van der Waals surface area (Å²) in [5.74, 6) is 0. The Labute approximate surface area is 121 Å². The summed E-state index contributed by atoms with van der Waals surface area (Å²) in [7, 11) is 0. The van der Waals surface area contributed by atoms with E-state index in [4.69, 9.17) is 9.47 Å². The molecule has 0 spiro atoms. The maximum atomic E-state index is 12.1. The van der Waals surface area contributed by atoms with Crippen LogP contribution in [0.2, 0.25) is 0 Å². The van der Waals surface area contributed by atoms with Crippen molar-refractivity contribution in [3.8, 4) is 0 Å². The Hall–Kier alpha value is -1.26. The Bertz CT molecular complexity index is 337. The van der Waals surface area contributed by atoms with Crippen LogP contribution in [0.15, 0.2) is 0 Å². The van der Waals surface area contributed by atoms with Crippen LogP contribution < -0.4 is 0 Å². The van der Waals surface area contributed by atoms with E-state index in [-0.39, 0.29) is 11.5 Å². The standard InChI is InChI=1S/C15H27NO4/c1-14(2,3)20-13(18)16-9-5-6-15(4,7-10-16)8-11-19-12-17/h12H,5-11H2,1-4H3. The Kier molecular flexibility index (Phi) is 5.84. The van der Waals surface area contributed by atoms with Gasteiger partial charge >= 0.3 is 6.09 Å². The highest BCUT2D eigenvalue weighted by atomic mass is 16.6. The number of nitrogens with zero attached hydrogens (tertiary/aromatic N) is 1. The molecule has 0 aliphatic carbocycles. The largest absolute Gasteiger partial charge is 0.468 e. The summed E-state index contributed by atoms with van der Waals surface area (Å²) in [6.45, 7) is 10.2. The Balaban J connectivity index is 2.50. The van der Waals surface area contributed by atoms with Gasteiger partial charge in [0.1, 0.15) is 5.60 Å². The maximum absolute atomic E-state index is 12.1. The molecule has 0 aromatic rings. The summed E-state index contributed by atoms with van der Waals surface area (Å²) in [6, 6.07) is 0. The zero-order valence-electron chi connectivity index (χ0n) is 13.1. The van der Waals surface area contributed by atoms with E-state index >= 15 is 0 Å². The molecule has 116 valence electrons. The van der Waals surface area contributed by atoms with Crippen molar-refractivity contribution in [1.82, 2.24) is 4.90 Å². The molecule has 1 amide bonds. The first-order valence-corrected chi connectivity index (χ1v) is 7.29. The van der Waals surface area contributed by atoms with Crippen LogP contribution in [-0.2, 0) is 14.3 Å². The lowest BCUT2D eigenvalue weighted by molar-refractivity contribution is -0.129. The third-order valence-electron chi connectivity index (χ3n) is 3.74. The average Bonchev–Trinajstić information content (AvgIpc) is 2.50. The second-order valence-corrected chi connectivity index (χ2v) is 6.85. The first-order chi connectivity index (χ1) is 9.26. The molecule has 1 fully saturated rings.